The molecular formula is C17H16. The second-order valence-electron chi connectivity index (χ2n) is 4.71. The maximum atomic E-state index is 2.36. The van der Waals surface area contributed by atoms with Gasteiger partial charge in [-0.15, -0.1) is 0 Å². The average Bonchev–Trinajstić information content (AvgIpc) is 2.80. The topological polar surface area (TPSA) is 0 Å². The quantitative estimate of drug-likeness (QED) is 0.714. The number of allylic oxidation sites excluding steroid dienone is 1. The molecule has 0 atom stereocenters. The van der Waals surface area contributed by atoms with E-state index in [0.29, 0.717) is 5.92 Å². The smallest absolute Gasteiger partial charge is 0.0149 e. The van der Waals surface area contributed by atoms with Gasteiger partial charge in [-0.25, -0.2) is 0 Å². The summed E-state index contributed by atoms with van der Waals surface area (Å²) in [4.78, 5) is 0. The lowest BCUT2D eigenvalue weighted by atomic mass is 10.0. The van der Waals surface area contributed by atoms with Crippen molar-refractivity contribution in [2.24, 2.45) is 5.92 Å². The van der Waals surface area contributed by atoms with Crippen LogP contribution in [0.5, 0.6) is 0 Å². The largest absolute Gasteiger partial charge is 0.0802 e. The minimum Gasteiger partial charge on any atom is -0.0802 e. The minimum absolute atomic E-state index is 0.674. The molecule has 0 bridgehead atoms. The van der Waals surface area contributed by atoms with Gasteiger partial charge in [0.1, 0.15) is 0 Å². The van der Waals surface area contributed by atoms with Crippen LogP contribution in [0, 0.1) is 5.92 Å². The van der Waals surface area contributed by atoms with Crippen molar-refractivity contribution in [3.8, 4) is 0 Å². The highest BCUT2D eigenvalue weighted by atomic mass is 14.2. The molecule has 2 aromatic rings. The molecule has 1 aliphatic carbocycles. The highest BCUT2D eigenvalue weighted by Gasteiger charge is 2.17. The van der Waals surface area contributed by atoms with Gasteiger partial charge in [0.15, 0.2) is 0 Å². The zero-order chi connectivity index (χ0) is 11.5. The first-order valence-corrected chi connectivity index (χ1v) is 6.22. The summed E-state index contributed by atoms with van der Waals surface area (Å²) in [6.45, 7) is 0. The van der Waals surface area contributed by atoms with E-state index in [1.807, 2.05) is 0 Å². The summed E-state index contributed by atoms with van der Waals surface area (Å²) in [5, 5.41) is 0. The van der Waals surface area contributed by atoms with Crippen LogP contribution in [0.2, 0.25) is 0 Å². The average molecular weight is 220 g/mol. The van der Waals surface area contributed by atoms with Crippen molar-refractivity contribution in [2.75, 3.05) is 0 Å². The summed E-state index contributed by atoms with van der Waals surface area (Å²) in [7, 11) is 0. The van der Waals surface area contributed by atoms with E-state index in [-0.39, 0.29) is 0 Å². The third-order valence-electron chi connectivity index (χ3n) is 3.44. The van der Waals surface area contributed by atoms with Gasteiger partial charge in [-0.2, -0.15) is 0 Å². The van der Waals surface area contributed by atoms with Crippen LogP contribution >= 0.6 is 0 Å². The molecule has 0 unspecified atom stereocenters. The van der Waals surface area contributed by atoms with Gasteiger partial charge in [0.25, 0.3) is 0 Å². The second kappa shape index (κ2) is 4.58. The van der Waals surface area contributed by atoms with Crippen molar-refractivity contribution in [3.05, 3.63) is 77.4 Å². The number of fused-ring (bicyclic) bond motifs is 1. The van der Waals surface area contributed by atoms with Crippen LogP contribution in [0.4, 0.5) is 0 Å². The summed E-state index contributed by atoms with van der Waals surface area (Å²) in [6.07, 6.45) is 6.99. The lowest BCUT2D eigenvalue weighted by molar-refractivity contribution is 0.707. The number of rotatable bonds is 2. The summed E-state index contributed by atoms with van der Waals surface area (Å²) in [5.74, 6) is 0.674. The normalized spacial score (nSPS) is 15.3. The Kier molecular flexibility index (Phi) is 2.79. The summed E-state index contributed by atoms with van der Waals surface area (Å²) in [5.41, 5.74) is 4.34. The zero-order valence-corrected chi connectivity index (χ0v) is 9.84. The monoisotopic (exact) mass is 220 g/mol. The van der Waals surface area contributed by atoms with Gasteiger partial charge in [0.2, 0.25) is 0 Å². The maximum Gasteiger partial charge on any atom is -0.0149 e. The van der Waals surface area contributed by atoms with E-state index in [1.165, 1.54) is 29.5 Å². The van der Waals surface area contributed by atoms with Crippen LogP contribution in [0.25, 0.3) is 6.08 Å². The van der Waals surface area contributed by atoms with Crippen LogP contribution in [-0.2, 0) is 12.8 Å². The molecule has 0 aromatic heterocycles. The van der Waals surface area contributed by atoms with Crippen LogP contribution in [0.1, 0.15) is 16.7 Å². The molecule has 0 fully saturated rings. The maximum absolute atomic E-state index is 2.36. The fourth-order valence-electron chi connectivity index (χ4n) is 2.54. The van der Waals surface area contributed by atoms with Crippen molar-refractivity contribution in [1.82, 2.24) is 0 Å². The molecule has 0 heteroatoms. The van der Waals surface area contributed by atoms with E-state index in [1.54, 1.807) is 0 Å². The first kappa shape index (κ1) is 10.3. The van der Waals surface area contributed by atoms with Gasteiger partial charge >= 0.3 is 0 Å². The molecule has 0 spiro atoms. The lowest BCUT2D eigenvalue weighted by Crippen LogP contribution is -1.93. The van der Waals surface area contributed by atoms with Crippen LogP contribution in [0.15, 0.2) is 60.7 Å². The molecule has 1 aliphatic rings. The van der Waals surface area contributed by atoms with Gasteiger partial charge in [-0.05, 0) is 35.4 Å². The Morgan fingerprint density at radius 2 is 1.35 bits per heavy atom. The first-order valence-electron chi connectivity index (χ1n) is 6.22. The van der Waals surface area contributed by atoms with Crippen LogP contribution < -0.4 is 0 Å². The molecule has 3 rings (SSSR count). The highest BCUT2D eigenvalue weighted by Crippen LogP contribution is 2.27. The van der Waals surface area contributed by atoms with E-state index < -0.39 is 0 Å². The number of hydrogen-bond acceptors (Lipinski definition) is 0. The van der Waals surface area contributed by atoms with Crippen molar-refractivity contribution >= 4 is 6.08 Å². The number of benzene rings is 2. The third kappa shape index (κ3) is 2.31. The van der Waals surface area contributed by atoms with E-state index in [9.17, 15) is 0 Å². The predicted octanol–water partition coefficient (Wildman–Crippen LogP) is 4.11. The fraction of sp³-hybridized carbons (Fsp3) is 0.176. The molecule has 2 aromatic carbocycles. The molecule has 0 saturated carbocycles. The summed E-state index contributed by atoms with van der Waals surface area (Å²) in [6, 6.07) is 19.3. The Balaban J connectivity index is 1.72. The van der Waals surface area contributed by atoms with Gasteiger partial charge in [-0.3, -0.25) is 0 Å². The molecule has 84 valence electrons. The zero-order valence-electron chi connectivity index (χ0n) is 9.84. The third-order valence-corrected chi connectivity index (χ3v) is 3.44. The molecule has 17 heavy (non-hydrogen) atoms. The van der Waals surface area contributed by atoms with E-state index in [2.05, 4.69) is 66.7 Å². The summed E-state index contributed by atoms with van der Waals surface area (Å²) >= 11 is 0. The van der Waals surface area contributed by atoms with Crippen molar-refractivity contribution in [3.63, 3.8) is 0 Å². The Hall–Kier alpha value is -1.82. The fourth-order valence-corrected chi connectivity index (χ4v) is 2.54. The van der Waals surface area contributed by atoms with E-state index in [4.69, 9.17) is 0 Å². The Morgan fingerprint density at radius 1 is 0.765 bits per heavy atom. The van der Waals surface area contributed by atoms with Crippen LogP contribution in [-0.4, -0.2) is 0 Å². The first-order chi connectivity index (χ1) is 8.42. The molecule has 0 aliphatic heterocycles. The van der Waals surface area contributed by atoms with Gasteiger partial charge in [0, 0.05) is 0 Å². The second-order valence-corrected chi connectivity index (χ2v) is 4.71. The predicted molar refractivity (Wildman–Crippen MR) is 72.8 cm³/mol. The van der Waals surface area contributed by atoms with E-state index in [0.717, 1.165) is 0 Å². The Labute approximate surface area is 103 Å². The molecule has 0 amide bonds. The van der Waals surface area contributed by atoms with Crippen molar-refractivity contribution in [1.29, 1.82) is 0 Å². The SMILES string of the molecule is C(=C\C1Cc2ccccc2C1)/c1ccccc1. The molecular weight excluding hydrogens is 204 g/mol. The van der Waals surface area contributed by atoms with Crippen LogP contribution in [0.3, 0.4) is 0 Å². The molecule has 0 N–H and O–H groups in total. The Bertz CT molecular complexity index is 498. The lowest BCUT2D eigenvalue weighted by Gasteiger charge is -2.00. The van der Waals surface area contributed by atoms with Crippen molar-refractivity contribution < 1.29 is 0 Å². The summed E-state index contributed by atoms with van der Waals surface area (Å²) < 4.78 is 0. The van der Waals surface area contributed by atoms with Crippen molar-refractivity contribution in [2.45, 2.75) is 12.8 Å². The molecule has 0 nitrogen and oxygen atoms in total. The highest BCUT2D eigenvalue weighted by molar-refractivity contribution is 5.50. The minimum atomic E-state index is 0.674. The molecule has 0 saturated heterocycles. The van der Waals surface area contributed by atoms with Gasteiger partial charge in [0.05, 0.1) is 0 Å². The molecule has 0 heterocycles. The Morgan fingerprint density at radius 3 is 2.00 bits per heavy atom. The van der Waals surface area contributed by atoms with E-state index >= 15 is 0 Å². The van der Waals surface area contributed by atoms with Gasteiger partial charge < -0.3 is 0 Å². The standard InChI is InChI=1S/C17H16/c1-2-6-14(7-3-1)10-11-15-12-16-8-4-5-9-17(16)13-15/h1-11,15H,12-13H2/b11-10+. The number of hydrogen-bond donors (Lipinski definition) is 0. The van der Waals surface area contributed by atoms with Gasteiger partial charge in [-0.1, -0.05) is 66.7 Å². The molecule has 0 radical (unpaired) electrons.